The summed E-state index contributed by atoms with van der Waals surface area (Å²) in [5.74, 6) is 12.7. The Kier molecular flexibility index (Phi) is 11.9. The van der Waals surface area contributed by atoms with Crippen LogP contribution in [0.25, 0.3) is 45.1 Å². The molecule has 1 aliphatic heterocycles. The van der Waals surface area contributed by atoms with E-state index >= 15 is 0 Å². The van der Waals surface area contributed by atoms with E-state index in [0.717, 1.165) is 130 Å². The van der Waals surface area contributed by atoms with Gasteiger partial charge >= 0.3 is 0 Å². The second-order valence-corrected chi connectivity index (χ2v) is 17.7. The summed E-state index contributed by atoms with van der Waals surface area (Å²) in [6.07, 6.45) is 35.1. The molecule has 0 spiro atoms. The number of hydrogen-bond acceptors (Lipinski definition) is 7. The normalized spacial score (nSPS) is 18.1. The average molecular weight is 861 g/mol. The van der Waals surface area contributed by atoms with Crippen LogP contribution >= 0.6 is 0 Å². The second kappa shape index (κ2) is 18.5. The highest BCUT2D eigenvalue weighted by Crippen LogP contribution is 2.51. The molecule has 0 amide bonds. The molecule has 5 aromatic rings. The number of para-hydroxylation sites is 2. The van der Waals surface area contributed by atoms with Crippen LogP contribution in [0.5, 0.6) is 11.5 Å². The van der Waals surface area contributed by atoms with Crippen LogP contribution in [0.1, 0.15) is 118 Å². The Hall–Kier alpha value is -7.56. The van der Waals surface area contributed by atoms with Crippen molar-refractivity contribution in [2.75, 3.05) is 0 Å². The number of rotatable bonds is 9. The molecule has 0 saturated carbocycles. The van der Waals surface area contributed by atoms with Gasteiger partial charge in [-0.2, -0.15) is 0 Å². The Balaban J connectivity index is 0.887. The molecule has 7 nitrogen and oxygen atoms in total. The summed E-state index contributed by atoms with van der Waals surface area (Å²) in [5, 5.41) is 0. The van der Waals surface area contributed by atoms with Crippen LogP contribution < -0.4 is 4.74 Å². The van der Waals surface area contributed by atoms with Crippen molar-refractivity contribution in [1.82, 2.24) is 29.9 Å². The average Bonchev–Trinajstić information content (AvgIpc) is 3.38. The van der Waals surface area contributed by atoms with Crippen molar-refractivity contribution in [3.05, 3.63) is 203 Å². The molecule has 3 aromatic carbocycles. The zero-order chi connectivity index (χ0) is 45.0. The van der Waals surface area contributed by atoms with Crippen LogP contribution in [-0.4, -0.2) is 29.9 Å². The van der Waals surface area contributed by atoms with E-state index in [9.17, 15) is 0 Å². The molecule has 2 aromatic heterocycles. The fourth-order valence-corrected chi connectivity index (χ4v) is 9.18. The van der Waals surface area contributed by atoms with E-state index in [2.05, 4.69) is 173 Å². The summed E-state index contributed by atoms with van der Waals surface area (Å²) in [4.78, 5) is 30.3. The number of benzene rings is 3. The predicted octanol–water partition coefficient (Wildman–Crippen LogP) is 14.0. The maximum Gasteiger partial charge on any atom is 0.167 e. The van der Waals surface area contributed by atoms with Crippen LogP contribution in [0.15, 0.2) is 163 Å². The van der Waals surface area contributed by atoms with E-state index in [0.29, 0.717) is 23.9 Å². The molecule has 0 N–H and O–H groups in total. The molecular weight excluding hydrogens is 809 g/mol. The number of ether oxygens (including phenoxy) is 1. The zero-order valence-corrected chi connectivity index (χ0v) is 37.9. The Morgan fingerprint density at radius 2 is 1.53 bits per heavy atom. The Morgan fingerprint density at radius 3 is 2.32 bits per heavy atom. The first-order valence-electron chi connectivity index (χ1n) is 23.2. The minimum Gasteiger partial charge on any atom is -0.456 e. The topological polar surface area (TPSA) is 86.6 Å². The van der Waals surface area contributed by atoms with Crippen molar-refractivity contribution in [3.63, 3.8) is 0 Å². The molecule has 5 aliphatic rings. The fraction of sp³-hybridized carbons (Fsp3) is 0.220. The van der Waals surface area contributed by atoms with Crippen LogP contribution in [0.2, 0.25) is 0 Å². The Bertz CT molecular complexity index is 3120. The van der Waals surface area contributed by atoms with Gasteiger partial charge in [0.05, 0.1) is 5.56 Å². The van der Waals surface area contributed by atoms with Crippen molar-refractivity contribution in [1.29, 1.82) is 0 Å². The molecular formula is C59H52N6O. The van der Waals surface area contributed by atoms with E-state index in [4.69, 9.17) is 34.6 Å². The van der Waals surface area contributed by atoms with Crippen molar-refractivity contribution in [2.24, 2.45) is 0 Å². The van der Waals surface area contributed by atoms with Crippen LogP contribution in [0.3, 0.4) is 0 Å². The first-order chi connectivity index (χ1) is 32.3. The van der Waals surface area contributed by atoms with E-state index in [1.54, 1.807) is 0 Å². The van der Waals surface area contributed by atoms with Gasteiger partial charge in [0, 0.05) is 51.2 Å². The summed E-state index contributed by atoms with van der Waals surface area (Å²) < 4.78 is 6.66. The summed E-state index contributed by atoms with van der Waals surface area (Å²) in [6.45, 7) is 11.0. The highest BCUT2D eigenvalue weighted by molar-refractivity contribution is 5.78. The fourth-order valence-electron chi connectivity index (χ4n) is 9.18. The van der Waals surface area contributed by atoms with Crippen LogP contribution in [-0.2, 0) is 5.41 Å². The first-order valence-corrected chi connectivity index (χ1v) is 23.2. The van der Waals surface area contributed by atoms with Crippen LogP contribution in [0.4, 0.5) is 0 Å². The lowest BCUT2D eigenvalue weighted by Crippen LogP contribution is -2.24. The van der Waals surface area contributed by atoms with Crippen LogP contribution in [0, 0.1) is 11.8 Å². The van der Waals surface area contributed by atoms with E-state index < -0.39 is 0 Å². The zero-order valence-electron chi connectivity index (χ0n) is 37.9. The molecule has 3 heterocycles. The number of allylic oxidation sites excluding steroid dienone is 19. The lowest BCUT2D eigenvalue weighted by atomic mass is 9.75. The minimum atomic E-state index is -0.262. The molecule has 10 rings (SSSR count). The SMILES string of the molecule is C=C(CC#C/C(=C\C)C1=CC(c2nc(C3=CCCC=C3)nc(C3=CC=CCC3)n2)=CCC1)c1ccc(-c2nc(-c3cccc4c3Oc3ccccc3C4(C)C)nc(C3C=CC=CC3)n2)cc1. The molecule has 4 aliphatic carbocycles. The first kappa shape index (κ1) is 42.4. The van der Waals surface area contributed by atoms with Gasteiger partial charge in [0.25, 0.3) is 0 Å². The van der Waals surface area contributed by atoms with E-state index in [1.807, 2.05) is 12.1 Å². The third-order valence-electron chi connectivity index (χ3n) is 12.9. The van der Waals surface area contributed by atoms with Gasteiger partial charge in [-0.1, -0.05) is 160 Å². The lowest BCUT2D eigenvalue weighted by molar-refractivity contribution is 0.419. The van der Waals surface area contributed by atoms with Gasteiger partial charge in [0.1, 0.15) is 17.3 Å². The van der Waals surface area contributed by atoms with Gasteiger partial charge < -0.3 is 4.74 Å². The third-order valence-corrected chi connectivity index (χ3v) is 12.9. The predicted molar refractivity (Wildman–Crippen MR) is 268 cm³/mol. The van der Waals surface area contributed by atoms with Crippen molar-refractivity contribution >= 4 is 22.3 Å². The van der Waals surface area contributed by atoms with E-state index in [1.165, 1.54) is 5.57 Å². The van der Waals surface area contributed by atoms with Gasteiger partial charge in [0.15, 0.2) is 29.1 Å². The number of fused-ring (bicyclic) bond motifs is 2. The Morgan fingerprint density at radius 1 is 0.742 bits per heavy atom. The molecule has 66 heavy (non-hydrogen) atoms. The monoisotopic (exact) mass is 860 g/mol. The van der Waals surface area contributed by atoms with Gasteiger partial charge in [-0.3, -0.25) is 0 Å². The van der Waals surface area contributed by atoms with Crippen molar-refractivity contribution in [2.45, 2.75) is 83.5 Å². The second-order valence-electron chi connectivity index (χ2n) is 17.7. The summed E-state index contributed by atoms with van der Waals surface area (Å²) in [5.41, 5.74) is 11.1. The summed E-state index contributed by atoms with van der Waals surface area (Å²) >= 11 is 0. The standard InChI is InChI=1S/C59H52N6O/c1-5-40(46-28-18-29-47(38-46)57-62-53(42-21-9-6-10-22-42)60-54(63-57)43-23-11-7-12-24-43)27-17-20-39(2)41-34-36-45(37-35-41)56-61-55(44-25-13-8-14-26-44)64-58(65-56)48-30-19-32-50-52(48)66-51-33-16-15-31-49(51)59(50,3)4/h5-6,8-9,11,13-16,19,21,23-25,29-38,44H,2,7,10,12,18,20,22,26,28H2,1,3-4H3/b40-5+. The molecule has 0 fully saturated rings. The highest BCUT2D eigenvalue weighted by Gasteiger charge is 2.36. The smallest absolute Gasteiger partial charge is 0.167 e. The minimum absolute atomic E-state index is 0.0354. The van der Waals surface area contributed by atoms with Gasteiger partial charge in [-0.25, -0.2) is 29.9 Å². The summed E-state index contributed by atoms with van der Waals surface area (Å²) in [6, 6.07) is 22.9. The van der Waals surface area contributed by atoms with Gasteiger partial charge in [-0.15, -0.1) is 0 Å². The maximum absolute atomic E-state index is 6.66. The largest absolute Gasteiger partial charge is 0.456 e. The molecule has 0 bridgehead atoms. The molecule has 1 atom stereocenters. The van der Waals surface area contributed by atoms with Gasteiger partial charge in [-0.05, 0) is 92.4 Å². The van der Waals surface area contributed by atoms with Gasteiger partial charge in [0.2, 0.25) is 0 Å². The quantitative estimate of drug-likeness (QED) is 0.136. The lowest BCUT2D eigenvalue weighted by Gasteiger charge is -2.35. The number of aromatic nitrogens is 6. The molecule has 7 heteroatoms. The molecule has 1 unspecified atom stereocenters. The molecule has 0 radical (unpaired) electrons. The molecule has 324 valence electrons. The highest BCUT2D eigenvalue weighted by atomic mass is 16.5. The summed E-state index contributed by atoms with van der Waals surface area (Å²) in [7, 11) is 0. The molecule has 0 saturated heterocycles. The maximum atomic E-state index is 6.66. The number of nitrogens with zero attached hydrogens (tertiary/aromatic N) is 6. The third kappa shape index (κ3) is 8.67. The number of hydrogen-bond donors (Lipinski definition) is 0. The van der Waals surface area contributed by atoms with Crippen molar-refractivity contribution in [3.8, 4) is 46.1 Å². The van der Waals surface area contributed by atoms with E-state index in [-0.39, 0.29) is 11.3 Å². The Labute approximate surface area is 388 Å². The van der Waals surface area contributed by atoms with Crippen molar-refractivity contribution < 1.29 is 4.74 Å².